The second kappa shape index (κ2) is 10.7. The number of piperidine rings is 1. The zero-order valence-corrected chi connectivity index (χ0v) is 15.8. The van der Waals surface area contributed by atoms with E-state index in [9.17, 15) is 9.59 Å². The van der Waals surface area contributed by atoms with Crippen molar-refractivity contribution >= 4 is 11.9 Å². The summed E-state index contributed by atoms with van der Waals surface area (Å²) < 4.78 is 0. The Morgan fingerprint density at radius 1 is 1.21 bits per heavy atom. The fraction of sp³-hybridized carbons (Fsp3) is 0.889. The maximum atomic E-state index is 12.1. The summed E-state index contributed by atoms with van der Waals surface area (Å²) in [6, 6.07) is 0.533. The minimum atomic E-state index is -0.786. The average molecular weight is 341 g/mol. The molecule has 140 valence electrons. The zero-order chi connectivity index (χ0) is 18.1. The van der Waals surface area contributed by atoms with Crippen LogP contribution < -0.4 is 5.32 Å². The number of hydrogen-bond acceptors (Lipinski definition) is 4. The van der Waals surface area contributed by atoms with Crippen molar-refractivity contribution in [1.82, 2.24) is 15.1 Å². The van der Waals surface area contributed by atoms with Crippen LogP contribution in [0.15, 0.2) is 0 Å². The van der Waals surface area contributed by atoms with Crippen molar-refractivity contribution in [2.75, 3.05) is 33.2 Å². The lowest BCUT2D eigenvalue weighted by molar-refractivity contribution is -0.138. The van der Waals surface area contributed by atoms with Crippen LogP contribution in [0.5, 0.6) is 0 Å². The minimum absolute atomic E-state index is 0.0824. The van der Waals surface area contributed by atoms with Crippen molar-refractivity contribution in [1.29, 1.82) is 0 Å². The van der Waals surface area contributed by atoms with E-state index in [1.165, 1.54) is 6.42 Å². The Hall–Kier alpha value is -1.14. The summed E-state index contributed by atoms with van der Waals surface area (Å²) in [5.41, 5.74) is 0. The van der Waals surface area contributed by atoms with E-state index in [1.54, 1.807) is 0 Å². The molecule has 0 saturated carbocycles. The third-order valence-electron chi connectivity index (χ3n) is 4.76. The van der Waals surface area contributed by atoms with E-state index in [4.69, 9.17) is 5.11 Å². The molecule has 1 rings (SSSR count). The number of hydrogen-bond donors (Lipinski definition) is 2. The van der Waals surface area contributed by atoms with E-state index < -0.39 is 5.97 Å². The molecular weight excluding hydrogens is 306 g/mol. The summed E-state index contributed by atoms with van der Waals surface area (Å²) in [6.45, 7) is 8.75. The summed E-state index contributed by atoms with van der Waals surface area (Å²) in [5.74, 6) is 0.0311. The van der Waals surface area contributed by atoms with Crippen molar-refractivity contribution in [2.45, 2.75) is 65.0 Å². The van der Waals surface area contributed by atoms with Crippen LogP contribution in [0.25, 0.3) is 0 Å². The molecule has 1 heterocycles. The Morgan fingerprint density at radius 3 is 2.38 bits per heavy atom. The number of nitrogens with zero attached hydrogens (tertiary/aromatic N) is 2. The third kappa shape index (κ3) is 8.64. The number of amides is 1. The van der Waals surface area contributed by atoms with E-state index in [-0.39, 0.29) is 18.5 Å². The van der Waals surface area contributed by atoms with Crippen molar-refractivity contribution in [2.24, 2.45) is 5.92 Å². The first-order valence-electron chi connectivity index (χ1n) is 9.21. The molecule has 1 aliphatic heterocycles. The number of likely N-dealkylation sites (N-methyl/N-ethyl adjacent to an activating group) is 1. The molecule has 1 amide bonds. The molecule has 6 nitrogen and oxygen atoms in total. The first-order chi connectivity index (χ1) is 11.3. The molecule has 1 saturated heterocycles. The van der Waals surface area contributed by atoms with Crippen LogP contribution in [0.2, 0.25) is 0 Å². The lowest BCUT2D eigenvalue weighted by Crippen LogP contribution is -2.48. The quantitative estimate of drug-likeness (QED) is 0.634. The molecule has 1 unspecified atom stereocenters. The molecule has 0 spiro atoms. The fourth-order valence-electron chi connectivity index (χ4n) is 3.29. The predicted octanol–water partition coefficient (Wildman–Crippen LogP) is 1.80. The summed E-state index contributed by atoms with van der Waals surface area (Å²) >= 11 is 0. The van der Waals surface area contributed by atoms with Gasteiger partial charge in [-0.2, -0.15) is 0 Å². The molecule has 0 radical (unpaired) electrons. The number of carboxylic acids is 1. The first-order valence-corrected chi connectivity index (χ1v) is 9.21. The molecule has 24 heavy (non-hydrogen) atoms. The van der Waals surface area contributed by atoms with E-state index in [2.05, 4.69) is 31.0 Å². The number of nitrogens with one attached hydrogen (secondary N) is 1. The highest BCUT2D eigenvalue weighted by atomic mass is 16.4. The van der Waals surface area contributed by atoms with Gasteiger partial charge in [0.25, 0.3) is 0 Å². The van der Waals surface area contributed by atoms with Crippen LogP contribution >= 0.6 is 0 Å². The van der Waals surface area contributed by atoms with Crippen molar-refractivity contribution in [3.8, 4) is 0 Å². The van der Waals surface area contributed by atoms with Gasteiger partial charge in [0.2, 0.25) is 5.91 Å². The van der Waals surface area contributed by atoms with Crippen LogP contribution in [-0.2, 0) is 9.59 Å². The number of carbonyl (C=O) groups is 2. The second-order valence-electron chi connectivity index (χ2n) is 7.61. The Kier molecular flexibility index (Phi) is 9.29. The van der Waals surface area contributed by atoms with Gasteiger partial charge < -0.3 is 10.4 Å². The number of carbonyl (C=O) groups excluding carboxylic acids is 1. The van der Waals surface area contributed by atoms with Crippen LogP contribution in [-0.4, -0.2) is 72.1 Å². The van der Waals surface area contributed by atoms with Crippen LogP contribution in [0.3, 0.4) is 0 Å². The topological polar surface area (TPSA) is 72.9 Å². The Morgan fingerprint density at radius 2 is 1.83 bits per heavy atom. The molecular formula is C18H35N3O3. The number of carboxylic acid groups (broad SMARTS) is 1. The SMILES string of the molecule is CC(C)CCCC(C)NC(=O)CN1CCC(N(C)CC(=O)O)CC1. The van der Waals surface area contributed by atoms with Gasteiger partial charge in [0, 0.05) is 25.2 Å². The van der Waals surface area contributed by atoms with Gasteiger partial charge in [-0.1, -0.05) is 26.7 Å². The van der Waals surface area contributed by atoms with Gasteiger partial charge in [-0.15, -0.1) is 0 Å². The predicted molar refractivity (Wildman–Crippen MR) is 96.0 cm³/mol. The van der Waals surface area contributed by atoms with E-state index >= 15 is 0 Å². The standard InChI is InChI=1S/C18H35N3O3/c1-14(2)6-5-7-15(3)19-17(22)12-21-10-8-16(9-11-21)20(4)13-18(23)24/h14-16H,5-13H2,1-4H3,(H,19,22)(H,23,24). The second-order valence-corrected chi connectivity index (χ2v) is 7.61. The lowest BCUT2D eigenvalue weighted by Gasteiger charge is -2.35. The highest BCUT2D eigenvalue weighted by molar-refractivity contribution is 5.78. The first kappa shape index (κ1) is 20.9. The van der Waals surface area contributed by atoms with Gasteiger partial charge >= 0.3 is 5.97 Å². The van der Waals surface area contributed by atoms with Crippen molar-refractivity contribution in [3.63, 3.8) is 0 Å². The Bertz CT molecular complexity index is 393. The maximum Gasteiger partial charge on any atom is 0.317 e. The Balaban J connectivity index is 2.21. The maximum absolute atomic E-state index is 12.1. The minimum Gasteiger partial charge on any atom is -0.480 e. The molecule has 1 aliphatic rings. The molecule has 6 heteroatoms. The average Bonchev–Trinajstić information content (AvgIpc) is 2.46. The summed E-state index contributed by atoms with van der Waals surface area (Å²) in [6.07, 6.45) is 5.23. The number of rotatable bonds is 10. The highest BCUT2D eigenvalue weighted by Crippen LogP contribution is 2.15. The largest absolute Gasteiger partial charge is 0.480 e. The molecule has 1 fully saturated rings. The van der Waals surface area contributed by atoms with Crippen LogP contribution in [0.4, 0.5) is 0 Å². The van der Waals surface area contributed by atoms with Gasteiger partial charge in [0.1, 0.15) is 0 Å². The molecule has 0 aromatic heterocycles. The van der Waals surface area contributed by atoms with Crippen molar-refractivity contribution < 1.29 is 14.7 Å². The summed E-state index contributed by atoms with van der Waals surface area (Å²) in [5, 5.41) is 11.9. The fourth-order valence-corrected chi connectivity index (χ4v) is 3.29. The molecule has 0 bridgehead atoms. The van der Waals surface area contributed by atoms with Gasteiger partial charge in [-0.25, -0.2) is 0 Å². The number of aliphatic carboxylic acids is 1. The normalized spacial score (nSPS) is 18.1. The summed E-state index contributed by atoms with van der Waals surface area (Å²) in [7, 11) is 1.86. The van der Waals surface area contributed by atoms with Gasteiger partial charge in [0.05, 0.1) is 13.1 Å². The van der Waals surface area contributed by atoms with Gasteiger partial charge in [-0.3, -0.25) is 19.4 Å². The van der Waals surface area contributed by atoms with E-state index in [1.807, 2.05) is 11.9 Å². The Labute approximate surface area is 146 Å². The van der Waals surface area contributed by atoms with Crippen LogP contribution in [0, 0.1) is 5.92 Å². The van der Waals surface area contributed by atoms with E-state index in [0.717, 1.165) is 38.8 Å². The molecule has 0 aromatic rings. The molecule has 1 atom stereocenters. The smallest absolute Gasteiger partial charge is 0.317 e. The van der Waals surface area contributed by atoms with Crippen molar-refractivity contribution in [3.05, 3.63) is 0 Å². The molecule has 0 aromatic carbocycles. The molecule has 2 N–H and O–H groups in total. The van der Waals surface area contributed by atoms with E-state index in [0.29, 0.717) is 18.5 Å². The molecule has 0 aliphatic carbocycles. The lowest BCUT2D eigenvalue weighted by atomic mass is 10.0. The van der Waals surface area contributed by atoms with Crippen LogP contribution in [0.1, 0.15) is 52.9 Å². The summed E-state index contributed by atoms with van der Waals surface area (Å²) in [4.78, 5) is 27.0. The zero-order valence-electron chi connectivity index (χ0n) is 15.8. The highest BCUT2D eigenvalue weighted by Gasteiger charge is 2.24. The monoisotopic (exact) mass is 341 g/mol. The third-order valence-corrected chi connectivity index (χ3v) is 4.76. The number of likely N-dealkylation sites (tertiary alicyclic amines) is 1. The van der Waals surface area contributed by atoms with Gasteiger partial charge in [0.15, 0.2) is 0 Å². The van der Waals surface area contributed by atoms with Gasteiger partial charge in [-0.05, 0) is 39.2 Å².